The molecule has 2 heterocycles. The monoisotopic (exact) mass is 499 g/mol. The fourth-order valence-corrected chi connectivity index (χ4v) is 3.79. The highest BCUT2D eigenvalue weighted by molar-refractivity contribution is 6.31. The van der Waals surface area contributed by atoms with Gasteiger partial charge in [0.1, 0.15) is 36.4 Å². The van der Waals surface area contributed by atoms with Crippen LogP contribution in [0.5, 0.6) is 5.75 Å². The number of carbonyl (C=O) groups excluding carboxylic acids is 2. The van der Waals surface area contributed by atoms with Crippen LogP contribution in [0.2, 0.25) is 5.02 Å². The Balaban J connectivity index is 1.53. The van der Waals surface area contributed by atoms with Gasteiger partial charge in [0, 0.05) is 36.3 Å². The minimum atomic E-state index is -0.526. The van der Waals surface area contributed by atoms with E-state index in [0.29, 0.717) is 53.5 Å². The molecule has 0 bridgehead atoms. The van der Waals surface area contributed by atoms with Gasteiger partial charge in [0.2, 0.25) is 5.91 Å². The van der Waals surface area contributed by atoms with Gasteiger partial charge in [0.15, 0.2) is 0 Å². The number of cyclic esters (lactones) is 1. The van der Waals surface area contributed by atoms with Crippen LogP contribution in [0.3, 0.4) is 0 Å². The molecule has 1 aliphatic heterocycles. The molecule has 35 heavy (non-hydrogen) atoms. The van der Waals surface area contributed by atoms with Gasteiger partial charge in [-0.1, -0.05) is 17.7 Å². The first-order valence-corrected chi connectivity index (χ1v) is 11.2. The summed E-state index contributed by atoms with van der Waals surface area (Å²) in [5, 5.41) is 6.49. The van der Waals surface area contributed by atoms with Crippen molar-refractivity contribution in [3.05, 3.63) is 59.7 Å². The molecule has 2 aromatic carbocycles. The maximum Gasteiger partial charge on any atom is 0.323 e. The third kappa shape index (κ3) is 5.67. The number of amides is 1. The van der Waals surface area contributed by atoms with E-state index in [1.807, 2.05) is 4.90 Å². The zero-order valence-corrected chi connectivity index (χ0v) is 19.8. The van der Waals surface area contributed by atoms with Gasteiger partial charge in [-0.25, -0.2) is 14.4 Å². The standard InChI is InChI=1S/C24H23ClFN5O4/c1-14-24(33)35-9-8-31(14)7-3-4-22(32)30-20-11-16-19(12-21(20)34-2)27-13-28-23(16)29-15-5-6-18(26)17(25)10-15/h3-6,10-14H,7-9H2,1-2H3,(H,30,32)(H,27,28,29). The molecule has 2 N–H and O–H groups in total. The molecule has 4 rings (SSSR count). The number of benzene rings is 2. The minimum Gasteiger partial charge on any atom is -0.494 e. The maximum absolute atomic E-state index is 13.5. The molecule has 1 fully saturated rings. The summed E-state index contributed by atoms with van der Waals surface area (Å²) >= 11 is 5.88. The summed E-state index contributed by atoms with van der Waals surface area (Å²) in [6.07, 6.45) is 4.47. The van der Waals surface area contributed by atoms with Crippen molar-refractivity contribution in [2.45, 2.75) is 13.0 Å². The topological polar surface area (TPSA) is 106 Å². The largest absolute Gasteiger partial charge is 0.494 e. The van der Waals surface area contributed by atoms with E-state index in [-0.39, 0.29) is 22.9 Å². The van der Waals surface area contributed by atoms with Gasteiger partial charge in [0.25, 0.3) is 0 Å². The molecule has 1 aliphatic rings. The fraction of sp³-hybridized carbons (Fsp3) is 0.250. The van der Waals surface area contributed by atoms with Gasteiger partial charge in [-0.05, 0) is 31.2 Å². The number of morpholine rings is 1. The van der Waals surface area contributed by atoms with E-state index < -0.39 is 5.82 Å². The number of hydrogen-bond donors (Lipinski definition) is 2. The summed E-state index contributed by atoms with van der Waals surface area (Å²) in [6, 6.07) is 7.25. The Hall–Kier alpha value is -3.76. The lowest BCUT2D eigenvalue weighted by Gasteiger charge is -2.30. The summed E-state index contributed by atoms with van der Waals surface area (Å²) in [6.45, 7) is 3.14. The van der Waals surface area contributed by atoms with Crippen LogP contribution in [-0.2, 0) is 14.3 Å². The molecule has 0 radical (unpaired) electrons. The number of aromatic nitrogens is 2. The average molecular weight is 500 g/mol. The van der Waals surface area contributed by atoms with Crippen molar-refractivity contribution >= 4 is 51.6 Å². The Labute approximate surface area is 205 Å². The molecular weight excluding hydrogens is 477 g/mol. The summed E-state index contributed by atoms with van der Waals surface area (Å²) < 4.78 is 23.9. The molecule has 11 heteroatoms. The van der Waals surface area contributed by atoms with Gasteiger partial charge < -0.3 is 20.1 Å². The van der Waals surface area contributed by atoms with Crippen LogP contribution in [0.4, 0.5) is 21.6 Å². The molecule has 9 nitrogen and oxygen atoms in total. The lowest BCUT2D eigenvalue weighted by Crippen LogP contribution is -2.47. The number of nitrogens with zero attached hydrogens (tertiary/aromatic N) is 3. The van der Waals surface area contributed by atoms with E-state index in [4.69, 9.17) is 21.1 Å². The van der Waals surface area contributed by atoms with Crippen LogP contribution >= 0.6 is 11.6 Å². The number of methoxy groups -OCH3 is 1. The first-order valence-electron chi connectivity index (χ1n) is 10.8. The highest BCUT2D eigenvalue weighted by Gasteiger charge is 2.26. The van der Waals surface area contributed by atoms with Crippen molar-refractivity contribution in [1.82, 2.24) is 14.9 Å². The number of halogens is 2. The number of ether oxygens (including phenoxy) is 2. The van der Waals surface area contributed by atoms with E-state index in [1.165, 1.54) is 37.7 Å². The maximum atomic E-state index is 13.5. The SMILES string of the molecule is COc1cc2ncnc(Nc3ccc(F)c(Cl)c3)c2cc1NC(=O)C=CCN1CCOC(=O)C1C. The molecule has 3 aromatic rings. The highest BCUT2D eigenvalue weighted by Crippen LogP contribution is 2.33. The zero-order chi connectivity index (χ0) is 24.9. The van der Waals surface area contributed by atoms with Crippen LogP contribution in [0, 0.1) is 5.82 Å². The minimum absolute atomic E-state index is 0.0226. The van der Waals surface area contributed by atoms with E-state index in [2.05, 4.69) is 20.6 Å². The molecule has 1 atom stereocenters. The van der Waals surface area contributed by atoms with Crippen molar-refractivity contribution < 1.29 is 23.5 Å². The number of anilines is 3. The Bertz CT molecular complexity index is 1300. The zero-order valence-electron chi connectivity index (χ0n) is 19.0. The van der Waals surface area contributed by atoms with Crippen LogP contribution in [0.25, 0.3) is 10.9 Å². The van der Waals surface area contributed by atoms with E-state index in [0.717, 1.165) is 0 Å². The number of nitrogens with one attached hydrogen (secondary N) is 2. The second kappa shape index (κ2) is 10.7. The highest BCUT2D eigenvalue weighted by atomic mass is 35.5. The Morgan fingerprint density at radius 2 is 2.17 bits per heavy atom. The molecule has 1 aromatic heterocycles. The van der Waals surface area contributed by atoms with Crippen LogP contribution in [0.15, 0.2) is 48.8 Å². The van der Waals surface area contributed by atoms with Crippen LogP contribution in [-0.4, -0.2) is 59.6 Å². The molecular formula is C24H23ClFN5O4. The van der Waals surface area contributed by atoms with Gasteiger partial charge >= 0.3 is 5.97 Å². The van der Waals surface area contributed by atoms with Crippen LogP contribution in [0.1, 0.15) is 6.92 Å². The molecule has 0 spiro atoms. The van der Waals surface area contributed by atoms with Crippen molar-refractivity contribution in [2.75, 3.05) is 37.4 Å². The Morgan fingerprint density at radius 1 is 1.34 bits per heavy atom. The average Bonchev–Trinajstić information content (AvgIpc) is 2.84. The van der Waals surface area contributed by atoms with Crippen molar-refractivity contribution in [2.24, 2.45) is 0 Å². The third-order valence-electron chi connectivity index (χ3n) is 5.52. The van der Waals surface area contributed by atoms with Gasteiger partial charge in [0.05, 0.1) is 23.3 Å². The third-order valence-corrected chi connectivity index (χ3v) is 5.81. The summed E-state index contributed by atoms with van der Waals surface area (Å²) in [5.41, 5.74) is 1.53. The molecule has 0 saturated carbocycles. The predicted molar refractivity (Wildman–Crippen MR) is 131 cm³/mol. The van der Waals surface area contributed by atoms with Gasteiger partial charge in [-0.2, -0.15) is 0 Å². The molecule has 1 unspecified atom stereocenters. The smallest absolute Gasteiger partial charge is 0.323 e. The summed E-state index contributed by atoms with van der Waals surface area (Å²) in [7, 11) is 1.49. The van der Waals surface area contributed by atoms with Gasteiger partial charge in [-0.3, -0.25) is 14.5 Å². The van der Waals surface area contributed by atoms with Crippen LogP contribution < -0.4 is 15.4 Å². The number of rotatable bonds is 7. The molecule has 1 amide bonds. The number of carbonyl (C=O) groups is 2. The molecule has 182 valence electrons. The van der Waals surface area contributed by atoms with E-state index >= 15 is 0 Å². The van der Waals surface area contributed by atoms with Crippen molar-refractivity contribution in [3.8, 4) is 5.75 Å². The van der Waals surface area contributed by atoms with E-state index in [1.54, 1.807) is 25.1 Å². The Kier molecular flexibility index (Phi) is 7.42. The molecule has 1 saturated heterocycles. The first-order chi connectivity index (χ1) is 16.9. The predicted octanol–water partition coefficient (Wildman–Crippen LogP) is 3.92. The Morgan fingerprint density at radius 3 is 2.94 bits per heavy atom. The summed E-state index contributed by atoms with van der Waals surface area (Å²) in [4.78, 5) is 34.7. The number of esters is 1. The second-order valence-electron chi connectivity index (χ2n) is 7.78. The fourth-order valence-electron chi connectivity index (χ4n) is 3.61. The number of hydrogen-bond acceptors (Lipinski definition) is 8. The lowest BCUT2D eigenvalue weighted by molar-refractivity contribution is -0.155. The number of fused-ring (bicyclic) bond motifs is 1. The van der Waals surface area contributed by atoms with Crippen molar-refractivity contribution in [1.29, 1.82) is 0 Å². The van der Waals surface area contributed by atoms with E-state index in [9.17, 15) is 14.0 Å². The molecule has 0 aliphatic carbocycles. The quantitative estimate of drug-likeness (QED) is 0.372. The normalized spacial score (nSPS) is 16.3. The van der Waals surface area contributed by atoms with Gasteiger partial charge in [-0.15, -0.1) is 0 Å². The lowest BCUT2D eigenvalue weighted by atomic mass is 10.1. The summed E-state index contributed by atoms with van der Waals surface area (Å²) in [5.74, 6) is -0.309. The second-order valence-corrected chi connectivity index (χ2v) is 8.18. The van der Waals surface area contributed by atoms with Crippen molar-refractivity contribution in [3.63, 3.8) is 0 Å². The first kappa shape index (κ1) is 24.4.